The van der Waals surface area contributed by atoms with Crippen molar-refractivity contribution >= 4 is 23.2 Å². The van der Waals surface area contributed by atoms with Crippen molar-refractivity contribution in [1.82, 2.24) is 0 Å². The molecule has 4 atom stereocenters. The first-order chi connectivity index (χ1) is 21.2. The van der Waals surface area contributed by atoms with Crippen molar-refractivity contribution in [2.45, 2.75) is 123 Å². The highest BCUT2D eigenvalue weighted by atomic mass is 16.6. The summed E-state index contributed by atoms with van der Waals surface area (Å²) in [7, 11) is 0. The maximum atomic E-state index is 14.1. The summed E-state index contributed by atoms with van der Waals surface area (Å²) in [6.45, 7) is 18.0. The number of hydrogen-bond donors (Lipinski definition) is 2. The van der Waals surface area contributed by atoms with Crippen molar-refractivity contribution in [2.75, 3.05) is 36.8 Å². The predicted octanol–water partition coefficient (Wildman–Crippen LogP) is 8.10. The molecule has 0 saturated carbocycles. The summed E-state index contributed by atoms with van der Waals surface area (Å²) in [6, 6.07) is 10.8. The lowest BCUT2D eigenvalue weighted by Crippen LogP contribution is -2.56. The van der Waals surface area contributed by atoms with Gasteiger partial charge in [0.05, 0.1) is 26.2 Å². The zero-order chi connectivity index (χ0) is 33.1. The summed E-state index contributed by atoms with van der Waals surface area (Å²) < 4.78 is -1.22. The van der Waals surface area contributed by atoms with Crippen LogP contribution < -0.4 is 10.6 Å². The van der Waals surface area contributed by atoms with Crippen LogP contribution >= 0.6 is 0 Å². The molecule has 0 aliphatic carbocycles. The SMILES string of the molecule is CC(C)c1cccc(C(C)C)c1NC(=O)C1CCC[N@@+]1([O-])CCC[N@+]1([O-])CCCC1C(=O)Nc1c(C(C)C)cccc1C(C)C. The second kappa shape index (κ2) is 14.3. The average Bonchev–Trinajstić information content (AvgIpc) is 3.55. The second-order valence-corrected chi connectivity index (χ2v) is 14.7. The number of benzene rings is 2. The standard InChI is InChI=1S/C37H56N4O4/c1-24(2)28-14-9-15-29(25(3)4)34(28)38-36(42)32-18-11-20-40(32,44)22-13-23-41(45)21-12-19-33(41)37(43)39-35-30(26(5)6)16-10-17-31(35)27(7)8/h9-10,14-17,24-27,32-33H,11-13,18-23H2,1-8H3,(H,38,42)(H,39,43)/t32?,33?,40-,41-/m1/s1. The fourth-order valence-electron chi connectivity index (χ4n) is 7.52. The Morgan fingerprint density at radius 3 is 1.24 bits per heavy atom. The lowest BCUT2D eigenvalue weighted by Gasteiger charge is -2.46. The number of nitrogens with zero attached hydrogens (tertiary/aromatic N) is 2. The van der Waals surface area contributed by atoms with Gasteiger partial charge in [-0.2, -0.15) is 0 Å². The Balaban J connectivity index is 1.45. The van der Waals surface area contributed by atoms with Crippen LogP contribution in [0.15, 0.2) is 36.4 Å². The van der Waals surface area contributed by atoms with E-state index in [1.165, 1.54) is 0 Å². The van der Waals surface area contributed by atoms with Gasteiger partial charge in [0.15, 0.2) is 12.1 Å². The van der Waals surface area contributed by atoms with Crippen molar-refractivity contribution in [3.05, 3.63) is 69.1 Å². The number of rotatable bonds is 12. The van der Waals surface area contributed by atoms with E-state index >= 15 is 0 Å². The lowest BCUT2D eigenvalue weighted by molar-refractivity contribution is -0.902. The van der Waals surface area contributed by atoms with Gasteiger partial charge in [0, 0.05) is 43.5 Å². The van der Waals surface area contributed by atoms with Gasteiger partial charge in [0.25, 0.3) is 11.8 Å². The summed E-state index contributed by atoms with van der Waals surface area (Å²) >= 11 is 0. The third kappa shape index (κ3) is 7.62. The molecule has 45 heavy (non-hydrogen) atoms. The summed E-state index contributed by atoms with van der Waals surface area (Å²) in [5.74, 6) is 0.457. The quantitative estimate of drug-likeness (QED) is 0.185. The molecular weight excluding hydrogens is 564 g/mol. The number of anilines is 2. The van der Waals surface area contributed by atoms with Crippen LogP contribution in [0.3, 0.4) is 0 Å². The van der Waals surface area contributed by atoms with E-state index in [0.717, 1.165) is 33.6 Å². The summed E-state index contributed by atoms with van der Waals surface area (Å²) in [5.41, 5.74) is 5.96. The van der Waals surface area contributed by atoms with Crippen LogP contribution in [-0.2, 0) is 9.59 Å². The maximum Gasteiger partial charge on any atom is 0.283 e. The average molecular weight is 621 g/mol. The van der Waals surface area contributed by atoms with Crippen LogP contribution in [-0.4, -0.2) is 59.4 Å². The first-order valence-electron chi connectivity index (χ1n) is 17.2. The number of likely N-dealkylation sites (tertiary alicyclic amines) is 2. The Morgan fingerprint density at radius 2 is 0.956 bits per heavy atom. The molecule has 2 amide bonds. The highest BCUT2D eigenvalue weighted by Crippen LogP contribution is 2.36. The molecule has 2 unspecified atom stereocenters. The Hall–Kier alpha value is -2.78. The van der Waals surface area contributed by atoms with E-state index in [1.54, 1.807) is 0 Å². The van der Waals surface area contributed by atoms with Crippen molar-refractivity contribution in [3.63, 3.8) is 0 Å². The molecule has 2 heterocycles. The van der Waals surface area contributed by atoms with Crippen LogP contribution in [0, 0.1) is 10.4 Å². The number of carbonyl (C=O) groups is 2. The molecule has 0 aromatic heterocycles. The van der Waals surface area contributed by atoms with Gasteiger partial charge in [-0.25, -0.2) is 0 Å². The molecule has 2 N–H and O–H groups in total. The van der Waals surface area contributed by atoms with Crippen molar-refractivity contribution < 1.29 is 18.9 Å². The predicted molar refractivity (Wildman–Crippen MR) is 184 cm³/mol. The summed E-state index contributed by atoms with van der Waals surface area (Å²) in [6.07, 6.45) is 2.80. The number of carbonyl (C=O) groups excluding carboxylic acids is 2. The van der Waals surface area contributed by atoms with Crippen LogP contribution in [0.25, 0.3) is 0 Å². The van der Waals surface area contributed by atoms with E-state index in [-0.39, 0.29) is 48.6 Å². The minimum absolute atomic E-state index is 0.200. The number of para-hydroxylation sites is 2. The molecule has 2 aliphatic heterocycles. The molecule has 8 nitrogen and oxygen atoms in total. The van der Waals surface area contributed by atoms with Crippen molar-refractivity contribution in [1.29, 1.82) is 0 Å². The highest BCUT2D eigenvalue weighted by Gasteiger charge is 2.43. The highest BCUT2D eigenvalue weighted by molar-refractivity contribution is 5.96. The van der Waals surface area contributed by atoms with Gasteiger partial charge in [0.1, 0.15) is 0 Å². The smallest absolute Gasteiger partial charge is 0.283 e. The normalized spacial score (nSPS) is 25.1. The molecule has 2 aromatic rings. The van der Waals surface area contributed by atoms with E-state index < -0.39 is 21.4 Å². The van der Waals surface area contributed by atoms with E-state index in [9.17, 15) is 20.0 Å². The first-order valence-corrected chi connectivity index (χ1v) is 17.2. The number of quaternary nitrogens is 2. The lowest BCUT2D eigenvalue weighted by atomic mass is 9.92. The Bertz CT molecular complexity index is 1200. The van der Waals surface area contributed by atoms with Gasteiger partial charge >= 0.3 is 0 Å². The number of amides is 2. The monoisotopic (exact) mass is 620 g/mol. The molecular formula is C37H56N4O4. The summed E-state index contributed by atoms with van der Waals surface area (Å²) in [4.78, 5) is 27.4. The fraction of sp³-hybridized carbons (Fsp3) is 0.622. The van der Waals surface area contributed by atoms with Crippen molar-refractivity contribution in [2.24, 2.45) is 0 Å². The van der Waals surface area contributed by atoms with Gasteiger partial charge in [-0.1, -0.05) is 91.8 Å². The molecule has 8 heteroatoms. The van der Waals surface area contributed by atoms with Gasteiger partial charge in [-0.05, 0) is 45.9 Å². The molecule has 248 valence electrons. The van der Waals surface area contributed by atoms with Crippen LogP contribution in [0.2, 0.25) is 0 Å². The zero-order valence-electron chi connectivity index (χ0n) is 28.8. The zero-order valence-corrected chi connectivity index (χ0v) is 28.8. The van der Waals surface area contributed by atoms with Crippen LogP contribution in [0.5, 0.6) is 0 Å². The largest absolute Gasteiger partial charge is 0.632 e. The van der Waals surface area contributed by atoms with Crippen LogP contribution in [0.4, 0.5) is 11.4 Å². The molecule has 2 aliphatic rings. The number of nitrogens with one attached hydrogen (secondary N) is 2. The van der Waals surface area contributed by atoms with Gasteiger partial charge < -0.3 is 30.3 Å². The second-order valence-electron chi connectivity index (χ2n) is 14.7. The minimum Gasteiger partial charge on any atom is -0.632 e. The van der Waals surface area contributed by atoms with Crippen LogP contribution in [0.1, 0.15) is 133 Å². The van der Waals surface area contributed by atoms with E-state index in [4.69, 9.17) is 0 Å². The Morgan fingerprint density at radius 1 is 0.644 bits per heavy atom. The minimum atomic E-state index is -0.704. The molecule has 2 saturated heterocycles. The first kappa shape index (κ1) is 35.1. The molecule has 2 fully saturated rings. The summed E-state index contributed by atoms with van der Waals surface area (Å²) in [5, 5.41) is 34.6. The fourth-order valence-corrected chi connectivity index (χ4v) is 7.52. The topological polar surface area (TPSA) is 104 Å². The molecule has 4 rings (SSSR count). The Labute approximate surface area is 270 Å². The van der Waals surface area contributed by atoms with E-state index in [2.05, 4.69) is 66.0 Å². The third-order valence-electron chi connectivity index (χ3n) is 10.1. The third-order valence-corrected chi connectivity index (χ3v) is 10.1. The van der Waals surface area contributed by atoms with Gasteiger partial charge in [0.2, 0.25) is 0 Å². The number of hydroxylamine groups is 6. The van der Waals surface area contributed by atoms with E-state index in [0.29, 0.717) is 45.2 Å². The molecule has 0 radical (unpaired) electrons. The molecule has 0 spiro atoms. The van der Waals surface area contributed by atoms with E-state index in [1.807, 2.05) is 36.4 Å². The van der Waals surface area contributed by atoms with Gasteiger partial charge in [-0.3, -0.25) is 9.59 Å². The number of hydrogen-bond acceptors (Lipinski definition) is 4. The molecule has 2 aromatic carbocycles. The maximum absolute atomic E-state index is 14.1. The van der Waals surface area contributed by atoms with Crippen molar-refractivity contribution in [3.8, 4) is 0 Å². The van der Waals surface area contributed by atoms with Gasteiger partial charge in [-0.15, -0.1) is 0 Å². The molecule has 0 bridgehead atoms. The Kier molecular flexibility index (Phi) is 11.2.